The maximum atomic E-state index is 9.15. The van der Waals surface area contributed by atoms with E-state index in [0.29, 0.717) is 24.6 Å². The number of rotatable bonds is 15. The molecular formula is C41H53BrK2N2O7. The molecule has 278 valence electrons. The predicted octanol–water partition coefficient (Wildman–Crippen LogP) is 4.21. The van der Waals surface area contributed by atoms with Crippen LogP contribution < -0.4 is 113 Å². The molecule has 12 heteroatoms. The van der Waals surface area contributed by atoms with E-state index in [9.17, 15) is 0 Å². The van der Waals surface area contributed by atoms with Gasteiger partial charge in [0.15, 0.2) is 11.4 Å². The summed E-state index contributed by atoms with van der Waals surface area (Å²) in [6.45, 7) is 15.0. The third-order valence-electron chi connectivity index (χ3n) is 6.78. The molecule has 0 unspecified atom stereocenters. The third kappa shape index (κ3) is 28.6. The Balaban J connectivity index is -0.000000219. The number of halogens is 1. The van der Waals surface area contributed by atoms with Crippen LogP contribution in [0.15, 0.2) is 97.1 Å². The number of alkyl halides is 1. The van der Waals surface area contributed by atoms with Gasteiger partial charge in [0.2, 0.25) is 0 Å². The SMILES string of the molecule is C.C.O=CO[O-].OCCCCCCBr.[C-]#[N+]c1ccc(-c2ccc(O)cc2)cc1.[C-]#[N+]c1ccc(-c2ccc(OCCCCCCO)cc2)cc1.[H-].[K+].[K+]. The Bertz CT molecular complexity index is 1500. The summed E-state index contributed by atoms with van der Waals surface area (Å²) in [5.41, 5.74) is 5.59. The number of aromatic hydroxyl groups is 1. The minimum absolute atomic E-state index is 0. The molecule has 0 saturated carbocycles. The van der Waals surface area contributed by atoms with Gasteiger partial charge in [-0.15, -0.1) is 0 Å². The molecule has 0 saturated heterocycles. The first kappa shape index (κ1) is 58.3. The number of unbranched alkanes of at least 4 members (excludes halogenated alkanes) is 6. The molecule has 0 heterocycles. The first-order valence-electron chi connectivity index (χ1n) is 15.9. The number of phenols is 1. The molecule has 0 atom stereocenters. The number of hydrogen-bond acceptors (Lipinski definition) is 7. The summed E-state index contributed by atoms with van der Waals surface area (Å²) < 4.78 is 5.71. The molecule has 0 fully saturated rings. The van der Waals surface area contributed by atoms with E-state index in [4.69, 9.17) is 43.3 Å². The quantitative estimate of drug-likeness (QED) is 0.0312. The Morgan fingerprint density at radius 2 is 0.962 bits per heavy atom. The van der Waals surface area contributed by atoms with Crippen molar-refractivity contribution >= 4 is 33.8 Å². The minimum atomic E-state index is -0.181. The second-order valence-corrected chi connectivity index (χ2v) is 11.2. The zero-order valence-electron chi connectivity index (χ0n) is 30.5. The molecule has 0 aromatic heterocycles. The van der Waals surface area contributed by atoms with Crippen molar-refractivity contribution in [1.82, 2.24) is 0 Å². The number of benzene rings is 4. The molecule has 4 rings (SSSR count). The molecule has 0 aliphatic rings. The molecule has 4 aromatic rings. The Morgan fingerprint density at radius 1 is 0.623 bits per heavy atom. The van der Waals surface area contributed by atoms with Crippen molar-refractivity contribution < 1.29 is 139 Å². The van der Waals surface area contributed by atoms with Crippen LogP contribution in [0.4, 0.5) is 11.4 Å². The topological polar surface area (TPSA) is 128 Å². The Kier molecular flexibility index (Phi) is 44.2. The standard InChI is InChI=1S/C19H21NO2.C13H9NO.C6H13BrO.CH2O3.2CH4.2K.H/c1-20-18-10-6-16(7-11-18)17-8-12-19(13-9-17)22-15-5-3-2-4-14-21;1-14-12-6-2-10(3-7-12)11-4-8-13(15)9-5-11;7-5-3-1-2-4-6-8;2-1-4-3;;;;;/h6-13,21H,2-5,14-15H2;2-9,15H;8H,1-6H2;1,3H;2*1H4;;;/q;;;;;;2*+1;-1/p-1. The summed E-state index contributed by atoms with van der Waals surface area (Å²) in [4.78, 5) is 18.0. The van der Waals surface area contributed by atoms with Crippen LogP contribution in [-0.4, -0.2) is 46.9 Å². The molecule has 0 radical (unpaired) electrons. The summed E-state index contributed by atoms with van der Waals surface area (Å²) in [6, 6.07) is 30.0. The fourth-order valence-corrected chi connectivity index (χ4v) is 4.57. The molecule has 0 aliphatic heterocycles. The van der Waals surface area contributed by atoms with Crippen LogP contribution in [0, 0.1) is 13.1 Å². The van der Waals surface area contributed by atoms with Crippen molar-refractivity contribution in [1.29, 1.82) is 0 Å². The first-order valence-corrected chi connectivity index (χ1v) is 17.1. The smallest absolute Gasteiger partial charge is 1.00 e. The summed E-state index contributed by atoms with van der Waals surface area (Å²) in [5.74, 6) is 1.14. The maximum Gasteiger partial charge on any atom is 1.00 e. The van der Waals surface area contributed by atoms with Crippen LogP contribution in [-0.2, 0) is 9.68 Å². The Labute approximate surface area is 412 Å². The third-order valence-corrected chi connectivity index (χ3v) is 7.34. The second kappa shape index (κ2) is 40.2. The van der Waals surface area contributed by atoms with E-state index in [0.717, 1.165) is 65.4 Å². The van der Waals surface area contributed by atoms with Gasteiger partial charge in [0.25, 0.3) is 6.47 Å². The largest absolute Gasteiger partial charge is 1.00 e. The van der Waals surface area contributed by atoms with E-state index in [1.807, 2.05) is 72.8 Å². The van der Waals surface area contributed by atoms with E-state index < -0.39 is 0 Å². The average molecular weight is 844 g/mol. The Hall–Kier alpha value is -1.44. The molecule has 4 aromatic carbocycles. The number of hydrogen-bond donors (Lipinski definition) is 3. The number of ether oxygens (including phenoxy) is 1. The normalized spacial score (nSPS) is 8.79. The van der Waals surface area contributed by atoms with E-state index >= 15 is 0 Å². The predicted molar refractivity (Wildman–Crippen MR) is 210 cm³/mol. The van der Waals surface area contributed by atoms with Crippen LogP contribution in [0.2, 0.25) is 0 Å². The van der Waals surface area contributed by atoms with Crippen LogP contribution in [0.3, 0.4) is 0 Å². The number of nitrogens with zero attached hydrogens (tertiary/aromatic N) is 2. The van der Waals surface area contributed by atoms with Gasteiger partial charge in [-0.3, -0.25) is 4.79 Å². The van der Waals surface area contributed by atoms with Crippen molar-refractivity contribution in [2.24, 2.45) is 0 Å². The number of carbonyl (C=O) groups excluding carboxylic acids is 1. The zero-order chi connectivity index (χ0) is 36.0. The van der Waals surface area contributed by atoms with Gasteiger partial charge in [0.1, 0.15) is 11.5 Å². The van der Waals surface area contributed by atoms with Crippen molar-refractivity contribution in [3.63, 3.8) is 0 Å². The molecule has 9 nitrogen and oxygen atoms in total. The summed E-state index contributed by atoms with van der Waals surface area (Å²) in [5, 5.41) is 35.7. The zero-order valence-corrected chi connectivity index (χ0v) is 37.4. The Morgan fingerprint density at radius 3 is 1.30 bits per heavy atom. The first-order chi connectivity index (χ1) is 24.0. The maximum absolute atomic E-state index is 9.15. The van der Waals surface area contributed by atoms with E-state index in [1.165, 1.54) is 19.3 Å². The second-order valence-electron chi connectivity index (χ2n) is 10.4. The van der Waals surface area contributed by atoms with Crippen molar-refractivity contribution in [3.8, 4) is 33.8 Å². The number of phenolic OH excluding ortho intramolecular Hbond substituents is 1. The number of aliphatic hydroxyl groups is 2. The molecule has 0 bridgehead atoms. The van der Waals surface area contributed by atoms with Crippen molar-refractivity contribution in [2.75, 3.05) is 25.2 Å². The van der Waals surface area contributed by atoms with Crippen LogP contribution in [0.1, 0.15) is 67.6 Å². The van der Waals surface area contributed by atoms with Gasteiger partial charge in [-0.2, -0.15) is 0 Å². The molecule has 53 heavy (non-hydrogen) atoms. The number of aliphatic hydroxyl groups excluding tert-OH is 2. The van der Waals surface area contributed by atoms with Gasteiger partial charge in [-0.1, -0.05) is 123 Å². The summed E-state index contributed by atoms with van der Waals surface area (Å²) in [6.07, 6.45) is 8.65. The fourth-order valence-electron chi connectivity index (χ4n) is 4.17. The number of carbonyl (C=O) groups is 1. The van der Waals surface area contributed by atoms with Gasteiger partial charge < -0.3 is 31.6 Å². The van der Waals surface area contributed by atoms with Gasteiger partial charge >= 0.3 is 103 Å². The summed E-state index contributed by atoms with van der Waals surface area (Å²) >= 11 is 3.34. The molecule has 0 aliphatic carbocycles. The van der Waals surface area contributed by atoms with Gasteiger partial charge in [-0.25, -0.2) is 9.69 Å². The van der Waals surface area contributed by atoms with Crippen molar-refractivity contribution in [2.45, 2.75) is 66.2 Å². The van der Waals surface area contributed by atoms with Crippen molar-refractivity contribution in [3.05, 3.63) is 120 Å². The fraction of sp³-hybridized carbons (Fsp3) is 0.341. The molecule has 0 spiro atoms. The molecular weight excluding hydrogens is 791 g/mol. The van der Waals surface area contributed by atoms with Gasteiger partial charge in [0.05, 0.1) is 19.8 Å². The van der Waals surface area contributed by atoms with Gasteiger partial charge in [0, 0.05) is 18.5 Å². The summed E-state index contributed by atoms with van der Waals surface area (Å²) in [7, 11) is 0. The van der Waals surface area contributed by atoms with E-state index in [1.54, 1.807) is 24.3 Å². The van der Waals surface area contributed by atoms with Gasteiger partial charge in [-0.05, 0) is 78.6 Å². The molecule has 0 amide bonds. The van der Waals surface area contributed by atoms with Crippen LogP contribution in [0.25, 0.3) is 31.9 Å². The average Bonchev–Trinajstić information content (AvgIpc) is 3.16. The van der Waals surface area contributed by atoms with Crippen LogP contribution >= 0.6 is 15.9 Å². The van der Waals surface area contributed by atoms with E-state index in [-0.39, 0.29) is 138 Å². The van der Waals surface area contributed by atoms with Crippen LogP contribution in [0.5, 0.6) is 11.5 Å². The van der Waals surface area contributed by atoms with E-state index in [2.05, 4.69) is 30.5 Å². The molecule has 3 N–H and O–H groups in total. The minimum Gasteiger partial charge on any atom is -1.00 e. The monoisotopic (exact) mass is 842 g/mol.